The molecule has 0 aromatic carbocycles. The molecule has 2 heterocycles. The molecule has 1 aliphatic rings. The van der Waals surface area contributed by atoms with Gasteiger partial charge in [-0.1, -0.05) is 11.6 Å². The average molecular weight is 256 g/mol. The maximum atomic E-state index is 11.2. The summed E-state index contributed by atoms with van der Waals surface area (Å²) in [6.45, 7) is 3.03. The van der Waals surface area contributed by atoms with Crippen LogP contribution < -0.4 is 4.90 Å². The van der Waals surface area contributed by atoms with E-state index in [2.05, 4.69) is 10.2 Å². The van der Waals surface area contributed by atoms with Gasteiger partial charge in [0.15, 0.2) is 11.0 Å². The molecule has 1 fully saturated rings. The van der Waals surface area contributed by atoms with Gasteiger partial charge in [0.2, 0.25) is 0 Å². The fourth-order valence-electron chi connectivity index (χ4n) is 2.09. The Morgan fingerprint density at radius 3 is 2.88 bits per heavy atom. The van der Waals surface area contributed by atoms with Crippen molar-refractivity contribution in [3.05, 3.63) is 17.3 Å². The Morgan fingerprint density at radius 1 is 1.53 bits per heavy atom. The van der Waals surface area contributed by atoms with Crippen LogP contribution in [0.15, 0.2) is 12.1 Å². The molecule has 1 aliphatic heterocycles. The zero-order valence-corrected chi connectivity index (χ0v) is 10.3. The van der Waals surface area contributed by atoms with Crippen molar-refractivity contribution in [3.8, 4) is 0 Å². The highest BCUT2D eigenvalue weighted by molar-refractivity contribution is 6.29. The number of carboxylic acid groups (broad SMARTS) is 1. The second kappa shape index (κ2) is 4.49. The highest BCUT2D eigenvalue weighted by Crippen LogP contribution is 2.31. The van der Waals surface area contributed by atoms with Gasteiger partial charge in [0.1, 0.15) is 0 Å². The van der Waals surface area contributed by atoms with Gasteiger partial charge in [-0.3, -0.25) is 4.79 Å². The Balaban J connectivity index is 2.17. The monoisotopic (exact) mass is 255 g/mol. The molecule has 0 saturated carbocycles. The molecule has 1 aromatic rings. The lowest BCUT2D eigenvalue weighted by Gasteiger charge is -2.37. The predicted molar refractivity (Wildman–Crippen MR) is 64.2 cm³/mol. The minimum absolute atomic E-state index is 0.340. The molecule has 0 aliphatic carbocycles. The Labute approximate surface area is 104 Å². The van der Waals surface area contributed by atoms with Crippen LogP contribution in [0.4, 0.5) is 5.82 Å². The first-order valence-electron chi connectivity index (χ1n) is 5.49. The van der Waals surface area contributed by atoms with Crippen LogP contribution in [-0.2, 0) is 4.79 Å². The Bertz CT molecular complexity index is 423. The van der Waals surface area contributed by atoms with E-state index in [0.717, 1.165) is 13.0 Å². The molecular weight excluding hydrogens is 242 g/mol. The van der Waals surface area contributed by atoms with E-state index >= 15 is 0 Å². The summed E-state index contributed by atoms with van der Waals surface area (Å²) in [7, 11) is 0. The van der Waals surface area contributed by atoms with Crippen LogP contribution in [0.25, 0.3) is 0 Å². The van der Waals surface area contributed by atoms with Crippen LogP contribution in [0.1, 0.15) is 19.8 Å². The summed E-state index contributed by atoms with van der Waals surface area (Å²) in [5, 5.41) is 17.3. The lowest BCUT2D eigenvalue weighted by Crippen LogP contribution is -2.46. The molecule has 2 rings (SSSR count). The van der Waals surface area contributed by atoms with Gasteiger partial charge in [0, 0.05) is 13.1 Å². The van der Waals surface area contributed by atoms with Crippen molar-refractivity contribution in [1.82, 2.24) is 10.2 Å². The normalized spacial score (nSPS) is 24.7. The number of halogens is 1. The van der Waals surface area contributed by atoms with Crippen molar-refractivity contribution in [2.75, 3.05) is 18.0 Å². The SMILES string of the molecule is CC1(C(=O)O)CCCN(c2ccc(Cl)nn2)C1. The first-order chi connectivity index (χ1) is 8.01. The maximum absolute atomic E-state index is 11.2. The molecular formula is C11H14ClN3O2. The molecule has 17 heavy (non-hydrogen) atoms. The lowest BCUT2D eigenvalue weighted by molar-refractivity contribution is -0.148. The Kier molecular flexibility index (Phi) is 3.19. The Hall–Kier alpha value is -1.36. The fourth-order valence-corrected chi connectivity index (χ4v) is 2.19. The zero-order chi connectivity index (χ0) is 12.5. The van der Waals surface area contributed by atoms with Gasteiger partial charge in [0.05, 0.1) is 5.41 Å². The van der Waals surface area contributed by atoms with Crippen LogP contribution in [0.2, 0.25) is 5.15 Å². The van der Waals surface area contributed by atoms with Gasteiger partial charge in [-0.15, -0.1) is 10.2 Å². The lowest BCUT2D eigenvalue weighted by atomic mass is 9.82. The number of nitrogens with zero attached hydrogens (tertiary/aromatic N) is 3. The molecule has 1 saturated heterocycles. The van der Waals surface area contributed by atoms with Crippen LogP contribution in [0.5, 0.6) is 0 Å². The van der Waals surface area contributed by atoms with Crippen LogP contribution in [-0.4, -0.2) is 34.4 Å². The predicted octanol–water partition coefficient (Wildman–Crippen LogP) is 1.82. The molecule has 1 aromatic heterocycles. The van der Waals surface area contributed by atoms with Crippen LogP contribution >= 0.6 is 11.6 Å². The number of aliphatic carboxylic acids is 1. The number of carbonyl (C=O) groups is 1. The van der Waals surface area contributed by atoms with Gasteiger partial charge in [-0.25, -0.2) is 0 Å². The fraction of sp³-hybridized carbons (Fsp3) is 0.545. The third-order valence-corrected chi connectivity index (χ3v) is 3.36. The third-order valence-electron chi connectivity index (χ3n) is 3.15. The highest BCUT2D eigenvalue weighted by Gasteiger charge is 2.38. The van der Waals surface area contributed by atoms with E-state index in [-0.39, 0.29) is 0 Å². The molecule has 1 N–H and O–H groups in total. The molecule has 0 spiro atoms. The van der Waals surface area contributed by atoms with Crippen molar-refractivity contribution in [1.29, 1.82) is 0 Å². The maximum Gasteiger partial charge on any atom is 0.311 e. The number of carboxylic acids is 1. The van der Waals surface area contributed by atoms with E-state index in [0.29, 0.717) is 23.9 Å². The van der Waals surface area contributed by atoms with Gasteiger partial charge in [0.25, 0.3) is 0 Å². The molecule has 6 heteroatoms. The zero-order valence-electron chi connectivity index (χ0n) is 9.56. The summed E-state index contributed by atoms with van der Waals surface area (Å²) >= 11 is 5.67. The molecule has 5 nitrogen and oxygen atoms in total. The van der Waals surface area contributed by atoms with Crippen molar-refractivity contribution in [2.24, 2.45) is 5.41 Å². The van der Waals surface area contributed by atoms with Crippen molar-refractivity contribution >= 4 is 23.4 Å². The molecule has 1 atom stereocenters. The first-order valence-corrected chi connectivity index (χ1v) is 5.87. The van der Waals surface area contributed by atoms with Crippen LogP contribution in [0.3, 0.4) is 0 Å². The topological polar surface area (TPSA) is 66.3 Å². The van der Waals surface area contributed by atoms with E-state index in [1.807, 2.05) is 4.90 Å². The molecule has 0 bridgehead atoms. The summed E-state index contributed by atoms with van der Waals surface area (Å²) < 4.78 is 0. The largest absolute Gasteiger partial charge is 0.481 e. The summed E-state index contributed by atoms with van der Waals surface area (Å²) in [6, 6.07) is 3.43. The molecule has 0 amide bonds. The highest BCUT2D eigenvalue weighted by atomic mass is 35.5. The standard InChI is InChI=1S/C11H14ClN3O2/c1-11(10(16)17)5-2-6-15(7-11)9-4-3-8(12)13-14-9/h3-4H,2,5-7H2,1H3,(H,16,17). The van der Waals surface area contributed by atoms with Gasteiger partial charge < -0.3 is 10.0 Å². The second-order valence-corrected chi connectivity index (χ2v) is 4.99. The summed E-state index contributed by atoms with van der Waals surface area (Å²) in [5.41, 5.74) is -0.709. The quantitative estimate of drug-likeness (QED) is 0.873. The minimum Gasteiger partial charge on any atom is -0.481 e. The van der Waals surface area contributed by atoms with Crippen LogP contribution in [0, 0.1) is 5.41 Å². The second-order valence-electron chi connectivity index (χ2n) is 4.61. The summed E-state index contributed by atoms with van der Waals surface area (Å²) in [5.74, 6) is -0.0781. The molecule has 1 unspecified atom stereocenters. The van der Waals surface area contributed by atoms with Crippen molar-refractivity contribution < 1.29 is 9.90 Å². The van der Waals surface area contributed by atoms with E-state index in [4.69, 9.17) is 11.6 Å². The number of aromatic nitrogens is 2. The number of rotatable bonds is 2. The van der Waals surface area contributed by atoms with Crippen molar-refractivity contribution in [2.45, 2.75) is 19.8 Å². The first kappa shape index (κ1) is 12.1. The van der Waals surface area contributed by atoms with E-state index in [1.54, 1.807) is 19.1 Å². The molecule has 0 radical (unpaired) electrons. The molecule has 92 valence electrons. The number of piperidine rings is 1. The number of anilines is 1. The van der Waals surface area contributed by atoms with Crippen molar-refractivity contribution in [3.63, 3.8) is 0 Å². The van der Waals surface area contributed by atoms with Gasteiger partial charge in [-0.2, -0.15) is 0 Å². The smallest absolute Gasteiger partial charge is 0.311 e. The summed E-state index contributed by atoms with van der Waals surface area (Å²) in [4.78, 5) is 13.2. The summed E-state index contributed by atoms with van der Waals surface area (Å²) in [6.07, 6.45) is 1.53. The number of hydrogen-bond donors (Lipinski definition) is 1. The average Bonchev–Trinajstić information content (AvgIpc) is 2.30. The van der Waals surface area contributed by atoms with E-state index in [9.17, 15) is 9.90 Å². The van der Waals surface area contributed by atoms with Gasteiger partial charge >= 0.3 is 5.97 Å². The Morgan fingerprint density at radius 2 is 2.29 bits per heavy atom. The van der Waals surface area contributed by atoms with E-state index < -0.39 is 11.4 Å². The number of hydrogen-bond acceptors (Lipinski definition) is 4. The van der Waals surface area contributed by atoms with E-state index in [1.165, 1.54) is 0 Å². The minimum atomic E-state index is -0.760. The van der Waals surface area contributed by atoms with Gasteiger partial charge in [-0.05, 0) is 31.9 Å². The third kappa shape index (κ3) is 2.49.